The van der Waals surface area contributed by atoms with Crippen LogP contribution in [0.25, 0.3) is 21.6 Å². The number of halogens is 4. The molecule has 0 unspecified atom stereocenters. The summed E-state index contributed by atoms with van der Waals surface area (Å²) in [5.41, 5.74) is 3.95. The predicted molar refractivity (Wildman–Crippen MR) is 193 cm³/mol. The van der Waals surface area contributed by atoms with E-state index in [9.17, 15) is 36.0 Å². The van der Waals surface area contributed by atoms with Crippen LogP contribution in [0.4, 0.5) is 13.2 Å². The highest BCUT2D eigenvalue weighted by molar-refractivity contribution is 7.91. The summed E-state index contributed by atoms with van der Waals surface area (Å²) in [5.74, 6) is -2.06. The third kappa shape index (κ3) is 7.62. The minimum Gasteiger partial charge on any atom is -0.495 e. The number of ether oxygens (including phenoxy) is 2. The molecule has 5 atom stereocenters. The lowest BCUT2D eigenvalue weighted by molar-refractivity contribution is -0.141. The fourth-order valence-electron chi connectivity index (χ4n) is 7.02. The number of fused-ring (bicyclic) bond motifs is 3. The molecule has 4 heterocycles. The second kappa shape index (κ2) is 14.6. The van der Waals surface area contributed by atoms with Crippen LogP contribution < -0.4 is 25.2 Å². The average Bonchev–Trinajstić information content (AvgIpc) is 3.99. The second-order valence-electron chi connectivity index (χ2n) is 14.1. The van der Waals surface area contributed by atoms with Gasteiger partial charge in [-0.25, -0.2) is 18.4 Å². The van der Waals surface area contributed by atoms with E-state index in [1.165, 1.54) is 18.1 Å². The molecule has 3 fully saturated rings. The number of carbonyl (C=O) groups excluding carboxylic acids is 3. The first-order chi connectivity index (χ1) is 25.6. The molecule has 3 aromatic rings. The normalized spacial score (nSPS) is 26.7. The van der Waals surface area contributed by atoms with Crippen LogP contribution in [0.3, 0.4) is 0 Å². The van der Waals surface area contributed by atoms with Crippen molar-refractivity contribution in [1.82, 2.24) is 24.9 Å². The van der Waals surface area contributed by atoms with Crippen molar-refractivity contribution in [2.24, 2.45) is 11.7 Å². The largest absolute Gasteiger partial charge is 0.495 e. The van der Waals surface area contributed by atoms with Crippen LogP contribution in [0.1, 0.15) is 63.5 Å². The topological polar surface area (TPSA) is 183 Å². The molecule has 0 radical (unpaired) electrons. The summed E-state index contributed by atoms with van der Waals surface area (Å²) >= 11 is 7.37. The van der Waals surface area contributed by atoms with E-state index in [4.69, 9.17) is 26.8 Å². The van der Waals surface area contributed by atoms with Gasteiger partial charge in [-0.3, -0.25) is 19.1 Å². The standard InChI is InChI=1S/C35H38ClF3N6O7S2/c1-51-25-12-11-21-26(14-23(41-29(21)28(25)36)31-42-27(17-53-31)35(37,38)39)52-19-13-24-30(46)43-34(33(48)44-54(49,50)20-9-10-20)15-18(34)7-5-3-2-4-6-8-22(40)32(47)45(24)16-19/h5,7,11-12,14,17-20,22,24H,2-4,6,8-10,13,15-16,40H2,1H3,(H,43,46)(H,44,48)/t18-,19-,22+,24+,34-/m1/s1. The Morgan fingerprint density at radius 3 is 2.63 bits per heavy atom. The van der Waals surface area contributed by atoms with E-state index in [1.54, 1.807) is 12.1 Å². The first-order valence-corrected chi connectivity index (χ1v) is 20.4. The Kier molecular flexibility index (Phi) is 10.3. The van der Waals surface area contributed by atoms with Gasteiger partial charge in [-0.2, -0.15) is 13.2 Å². The van der Waals surface area contributed by atoms with Gasteiger partial charge >= 0.3 is 6.18 Å². The van der Waals surface area contributed by atoms with Crippen LogP contribution in [0, 0.1) is 5.92 Å². The number of rotatable bonds is 7. The van der Waals surface area contributed by atoms with Gasteiger partial charge in [0.2, 0.25) is 21.8 Å². The SMILES string of the molecule is COc1ccc2c(O[C@@H]3C[C@H]4C(=O)N[C@]5(C(=O)NS(=O)(=O)C6CC6)C[C@H]5C=CCCCCC[C@H](N)C(=O)N4C3)cc(-c3nc(C(F)(F)F)cs3)nc2c1Cl. The maximum atomic E-state index is 14.2. The van der Waals surface area contributed by atoms with Gasteiger partial charge in [-0.15, -0.1) is 11.3 Å². The van der Waals surface area contributed by atoms with Gasteiger partial charge in [0.25, 0.3) is 5.91 Å². The maximum absolute atomic E-state index is 14.2. The van der Waals surface area contributed by atoms with Gasteiger partial charge in [0, 0.05) is 29.2 Å². The molecule has 3 amide bonds. The number of benzene rings is 1. The monoisotopic (exact) mass is 810 g/mol. The number of methoxy groups -OCH3 is 1. The number of sulfonamides is 1. The third-order valence-corrected chi connectivity index (χ3v) is 13.3. The number of hydrogen-bond donors (Lipinski definition) is 3. The summed E-state index contributed by atoms with van der Waals surface area (Å²) in [6, 6.07) is 2.54. The van der Waals surface area contributed by atoms with E-state index < -0.39 is 74.5 Å². The first kappa shape index (κ1) is 38.3. The molecule has 2 aromatic heterocycles. The van der Waals surface area contributed by atoms with E-state index in [1.807, 2.05) is 12.2 Å². The molecule has 7 rings (SSSR count). The summed E-state index contributed by atoms with van der Waals surface area (Å²) < 4.78 is 79.9. The zero-order valence-electron chi connectivity index (χ0n) is 29.0. The number of nitrogens with zero attached hydrogens (tertiary/aromatic N) is 3. The zero-order valence-corrected chi connectivity index (χ0v) is 31.4. The molecule has 19 heteroatoms. The lowest BCUT2D eigenvalue weighted by atomic mass is 10.1. The summed E-state index contributed by atoms with van der Waals surface area (Å²) in [6.45, 7) is -0.0955. The first-order valence-electron chi connectivity index (χ1n) is 17.6. The highest BCUT2D eigenvalue weighted by atomic mass is 35.5. The number of pyridine rings is 1. The van der Waals surface area contributed by atoms with E-state index in [-0.39, 0.29) is 52.1 Å². The third-order valence-electron chi connectivity index (χ3n) is 10.3. The quantitative estimate of drug-likeness (QED) is 0.283. The maximum Gasteiger partial charge on any atom is 0.434 e. The Bertz CT molecular complexity index is 2130. The van der Waals surface area contributed by atoms with Crippen LogP contribution >= 0.6 is 22.9 Å². The zero-order chi connectivity index (χ0) is 38.6. The van der Waals surface area contributed by atoms with Crippen LogP contribution in [0.15, 0.2) is 35.7 Å². The van der Waals surface area contributed by atoms with Crippen molar-refractivity contribution in [3.63, 3.8) is 0 Å². The van der Waals surface area contributed by atoms with Gasteiger partial charge in [-0.1, -0.05) is 36.6 Å². The summed E-state index contributed by atoms with van der Waals surface area (Å²) in [4.78, 5) is 51.3. The molecule has 4 aliphatic rings. The molecular formula is C35H38ClF3N6O7S2. The molecule has 0 spiro atoms. The molecule has 4 N–H and O–H groups in total. The van der Waals surface area contributed by atoms with Crippen molar-refractivity contribution in [2.45, 2.75) is 92.9 Å². The highest BCUT2D eigenvalue weighted by Gasteiger charge is 2.62. The van der Waals surface area contributed by atoms with Gasteiger partial charge in [-0.05, 0) is 50.7 Å². The van der Waals surface area contributed by atoms with E-state index >= 15 is 0 Å². The van der Waals surface area contributed by atoms with Crippen molar-refractivity contribution in [2.75, 3.05) is 13.7 Å². The molecular weight excluding hydrogens is 773 g/mol. The van der Waals surface area contributed by atoms with Crippen LogP contribution in [0.2, 0.25) is 5.02 Å². The Morgan fingerprint density at radius 2 is 1.93 bits per heavy atom. The fraction of sp³-hybridized carbons (Fsp3) is 0.514. The van der Waals surface area contributed by atoms with Crippen LogP contribution in [-0.4, -0.2) is 83.6 Å². The van der Waals surface area contributed by atoms with Crippen LogP contribution in [-0.2, 0) is 30.6 Å². The van der Waals surface area contributed by atoms with Crippen molar-refractivity contribution in [3.8, 4) is 22.2 Å². The van der Waals surface area contributed by atoms with Crippen LogP contribution in [0.5, 0.6) is 11.5 Å². The molecule has 54 heavy (non-hydrogen) atoms. The fourth-order valence-corrected chi connectivity index (χ4v) is 9.45. The minimum atomic E-state index is -4.68. The highest BCUT2D eigenvalue weighted by Crippen LogP contribution is 2.46. The number of carbonyl (C=O) groups is 3. The lowest BCUT2D eigenvalue weighted by Gasteiger charge is -2.28. The summed E-state index contributed by atoms with van der Waals surface area (Å²) in [6.07, 6.45) is 2.58. The molecule has 1 aromatic carbocycles. The van der Waals surface area contributed by atoms with Crippen molar-refractivity contribution in [1.29, 1.82) is 0 Å². The number of thiazole rings is 1. The number of nitrogens with one attached hydrogen (secondary N) is 2. The lowest BCUT2D eigenvalue weighted by Crippen LogP contribution is -2.57. The smallest absolute Gasteiger partial charge is 0.434 e. The van der Waals surface area contributed by atoms with E-state index in [2.05, 4.69) is 20.0 Å². The van der Waals surface area contributed by atoms with Crippen molar-refractivity contribution < 1.29 is 45.4 Å². The number of aromatic nitrogens is 2. The van der Waals surface area contributed by atoms with Gasteiger partial charge < -0.3 is 25.4 Å². The second-order valence-corrected chi connectivity index (χ2v) is 17.3. The number of amides is 3. The summed E-state index contributed by atoms with van der Waals surface area (Å²) in [7, 11) is -2.52. The molecule has 13 nitrogen and oxygen atoms in total. The molecule has 290 valence electrons. The number of alkyl halides is 3. The van der Waals surface area contributed by atoms with E-state index in [0.29, 0.717) is 37.5 Å². The number of allylic oxidation sites excluding steroid dienone is 1. The predicted octanol–water partition coefficient (Wildman–Crippen LogP) is 4.72. The van der Waals surface area contributed by atoms with Crippen molar-refractivity contribution in [3.05, 3.63) is 46.4 Å². The van der Waals surface area contributed by atoms with Gasteiger partial charge in [0.05, 0.1) is 30.5 Å². The minimum absolute atomic E-state index is 0.0405. The summed E-state index contributed by atoms with van der Waals surface area (Å²) in [5, 5.41) is 3.44. The average molecular weight is 811 g/mol. The number of nitrogens with two attached hydrogens (primary N) is 1. The number of hydrogen-bond acceptors (Lipinski definition) is 11. The Morgan fingerprint density at radius 1 is 1.15 bits per heavy atom. The molecule has 0 bridgehead atoms. The van der Waals surface area contributed by atoms with E-state index in [0.717, 1.165) is 29.6 Å². The molecule has 2 saturated carbocycles. The van der Waals surface area contributed by atoms with Crippen molar-refractivity contribution >= 4 is 61.6 Å². The van der Waals surface area contributed by atoms with Gasteiger partial charge in [0.1, 0.15) is 44.9 Å². The Labute approximate surface area is 317 Å². The Hall–Kier alpha value is -4.00. The molecule has 2 aliphatic carbocycles. The molecule has 2 aliphatic heterocycles. The molecule has 1 saturated heterocycles. The van der Waals surface area contributed by atoms with Gasteiger partial charge in [0.15, 0.2) is 5.69 Å². The Balaban J connectivity index is 1.22.